The monoisotopic (exact) mass is 550 g/mol. The van der Waals surface area contributed by atoms with E-state index in [-0.39, 0.29) is 30.3 Å². The van der Waals surface area contributed by atoms with Gasteiger partial charge in [0.1, 0.15) is 0 Å². The summed E-state index contributed by atoms with van der Waals surface area (Å²) in [6.07, 6.45) is 20.6. The number of allylic oxidation sites excluding steroid dienone is 8. The van der Waals surface area contributed by atoms with Gasteiger partial charge in [-0.05, 0) is 0 Å². The van der Waals surface area contributed by atoms with Crippen molar-refractivity contribution in [3.8, 4) is 0 Å². The third-order valence-corrected chi connectivity index (χ3v) is 29.6. The maximum atomic E-state index is 2.61. The van der Waals surface area contributed by atoms with E-state index < -0.39 is 20.1 Å². The number of halogens is 2. The summed E-state index contributed by atoms with van der Waals surface area (Å²) in [5, 5.41) is 0. The standard InChI is InChI=1S/2C9H13.C2H6Si.2ClH.Hf/c2*1-2-3-6-9-7-4-5-8-9;1-3-2;;;/h2*4,7H,2-3,5-6H2,1H3;1-2H3;2*1H;/q;;;;;+2/p-2. The first-order chi connectivity index (χ1) is 10.7. The Hall–Kier alpha value is 0.627. The minimum Gasteiger partial charge on any atom is -1.00 e. The summed E-state index contributed by atoms with van der Waals surface area (Å²) >= 11 is -1.76. The summed E-state index contributed by atoms with van der Waals surface area (Å²) in [5.74, 6) is 0. The molecule has 0 nitrogen and oxygen atoms in total. The zero-order valence-electron chi connectivity index (χ0n) is 15.7. The Morgan fingerprint density at radius 2 is 1.25 bits per heavy atom. The van der Waals surface area contributed by atoms with Crippen molar-refractivity contribution in [3.05, 3.63) is 42.1 Å². The second-order valence-corrected chi connectivity index (χ2v) is 30.7. The van der Waals surface area contributed by atoms with Crippen molar-refractivity contribution >= 4 is 5.49 Å². The van der Waals surface area contributed by atoms with E-state index in [2.05, 4.69) is 51.2 Å². The average molecular weight is 550 g/mol. The Labute approximate surface area is 169 Å². The molecule has 0 saturated heterocycles. The van der Waals surface area contributed by atoms with Crippen LogP contribution in [0.1, 0.15) is 65.2 Å². The molecule has 0 saturated carbocycles. The Morgan fingerprint density at radius 1 is 0.833 bits per heavy atom. The van der Waals surface area contributed by atoms with Crippen LogP contribution in [0, 0.1) is 0 Å². The van der Waals surface area contributed by atoms with Gasteiger partial charge in [-0.15, -0.1) is 0 Å². The first-order valence-electron chi connectivity index (χ1n) is 9.14. The normalized spacial score (nSPS) is 15.3. The first-order valence-corrected chi connectivity index (χ1v) is 20.6. The third kappa shape index (κ3) is 6.41. The molecule has 0 radical (unpaired) electrons. The molecule has 0 heterocycles. The van der Waals surface area contributed by atoms with E-state index in [1.54, 1.807) is 11.1 Å². The molecule has 0 aromatic heterocycles. The zero-order chi connectivity index (χ0) is 15.9. The maximum Gasteiger partial charge on any atom is -1.00 e. The Balaban J connectivity index is 0.00000264. The van der Waals surface area contributed by atoms with E-state index in [1.807, 2.05) is 6.66 Å². The molecule has 0 atom stereocenters. The van der Waals surface area contributed by atoms with Crippen LogP contribution >= 0.6 is 0 Å². The Morgan fingerprint density at radius 3 is 1.58 bits per heavy atom. The van der Waals surface area contributed by atoms with Crippen LogP contribution in [0.25, 0.3) is 0 Å². The summed E-state index contributed by atoms with van der Waals surface area (Å²) in [6.45, 7) is 9.86. The molecule has 24 heavy (non-hydrogen) atoms. The molecule has 0 aromatic carbocycles. The average Bonchev–Trinajstić information content (AvgIpc) is 3.13. The van der Waals surface area contributed by atoms with Crippen LogP contribution < -0.4 is 24.8 Å². The van der Waals surface area contributed by atoms with Gasteiger partial charge in [0, 0.05) is 0 Å². The molecule has 0 unspecified atom stereocenters. The molecule has 4 heteroatoms. The number of rotatable bonds is 8. The van der Waals surface area contributed by atoms with Gasteiger partial charge in [-0.1, -0.05) is 0 Å². The predicted molar refractivity (Wildman–Crippen MR) is 98.1 cm³/mol. The molecule has 0 N–H and O–H groups in total. The molecule has 0 bridgehead atoms. The second-order valence-electron chi connectivity index (χ2n) is 6.80. The van der Waals surface area contributed by atoms with Crippen molar-refractivity contribution in [1.82, 2.24) is 0 Å². The molecule has 0 amide bonds. The van der Waals surface area contributed by atoms with Crippen LogP contribution in [0.5, 0.6) is 0 Å². The smallest absolute Gasteiger partial charge is 1.00 e. The minimum absolute atomic E-state index is 0. The molecule has 2 rings (SSSR count). The van der Waals surface area contributed by atoms with Crippen molar-refractivity contribution in [2.75, 3.05) is 0 Å². The van der Waals surface area contributed by atoms with Gasteiger partial charge in [0.25, 0.3) is 0 Å². The SMILES string of the molecule is CCCCC1=[C]([Hf+2]([C]2=C(CCCC)C=CC2)=[Si](C)C)CC=C1.[Cl-].[Cl-]. The van der Waals surface area contributed by atoms with Crippen LogP contribution in [0.2, 0.25) is 13.1 Å². The van der Waals surface area contributed by atoms with Crippen molar-refractivity contribution in [3.63, 3.8) is 0 Å². The summed E-state index contributed by atoms with van der Waals surface area (Å²) in [7, 11) is 0. The summed E-state index contributed by atoms with van der Waals surface area (Å²) in [6, 6.07) is 0. The maximum absolute atomic E-state index is 2.61. The fourth-order valence-corrected chi connectivity index (χ4v) is 29.6. The summed E-state index contributed by atoms with van der Waals surface area (Å²) in [5.41, 5.74) is 3.40. The van der Waals surface area contributed by atoms with E-state index in [0.29, 0.717) is 0 Å². The van der Waals surface area contributed by atoms with Gasteiger partial charge in [-0.2, -0.15) is 0 Å². The number of unbranched alkanes of at least 4 members (excludes halogenated alkanes) is 2. The third-order valence-electron chi connectivity index (χ3n) is 4.76. The van der Waals surface area contributed by atoms with Crippen LogP contribution in [0.15, 0.2) is 42.1 Å². The van der Waals surface area contributed by atoms with E-state index in [9.17, 15) is 0 Å². The Bertz CT molecular complexity index is 520. The van der Waals surface area contributed by atoms with Crippen LogP contribution in [-0.4, -0.2) is 5.49 Å². The van der Waals surface area contributed by atoms with Crippen molar-refractivity contribution < 1.29 is 44.9 Å². The van der Waals surface area contributed by atoms with Gasteiger partial charge < -0.3 is 24.8 Å². The molecule has 0 spiro atoms. The molecule has 0 aliphatic heterocycles. The molecular weight excluding hydrogens is 518 g/mol. The molecule has 2 aliphatic carbocycles. The fraction of sp³-hybridized carbons (Fsp3) is 0.600. The second kappa shape index (κ2) is 12.9. The van der Waals surface area contributed by atoms with Gasteiger partial charge in [0.15, 0.2) is 0 Å². The number of hydrogen-bond acceptors (Lipinski definition) is 0. The topological polar surface area (TPSA) is 0 Å². The summed E-state index contributed by atoms with van der Waals surface area (Å²) in [4.78, 5) is 0. The van der Waals surface area contributed by atoms with Crippen molar-refractivity contribution in [2.45, 2.75) is 78.3 Å². The van der Waals surface area contributed by atoms with Gasteiger partial charge in [-0.3, -0.25) is 0 Å². The van der Waals surface area contributed by atoms with Gasteiger partial charge in [-0.25, -0.2) is 0 Å². The Kier molecular flexibility index (Phi) is 13.2. The van der Waals surface area contributed by atoms with Crippen LogP contribution in [0.3, 0.4) is 0 Å². The quantitative estimate of drug-likeness (QED) is 0.391. The van der Waals surface area contributed by atoms with Crippen LogP contribution in [0.4, 0.5) is 0 Å². The number of hydrogen-bond donors (Lipinski definition) is 0. The largest absolute Gasteiger partial charge is 1.00 e. The molecule has 0 aromatic rings. The van der Waals surface area contributed by atoms with E-state index in [4.69, 9.17) is 0 Å². The molecule has 0 fully saturated rings. The predicted octanol–water partition coefficient (Wildman–Crippen LogP) is 0.672. The van der Waals surface area contributed by atoms with E-state index >= 15 is 0 Å². The van der Waals surface area contributed by atoms with Crippen molar-refractivity contribution in [2.24, 2.45) is 0 Å². The molecular formula is C20H32Cl2HfSi. The van der Waals surface area contributed by atoms with E-state index in [1.165, 1.54) is 51.4 Å². The minimum atomic E-state index is -1.76. The summed E-state index contributed by atoms with van der Waals surface area (Å²) < 4.78 is 3.98. The molecule has 2 aliphatic rings. The van der Waals surface area contributed by atoms with E-state index in [0.717, 1.165) is 0 Å². The van der Waals surface area contributed by atoms with Gasteiger partial charge >= 0.3 is 146 Å². The first kappa shape index (κ1) is 24.6. The molecule has 134 valence electrons. The van der Waals surface area contributed by atoms with Gasteiger partial charge in [0.2, 0.25) is 0 Å². The fourth-order valence-electron chi connectivity index (χ4n) is 3.62. The van der Waals surface area contributed by atoms with Crippen molar-refractivity contribution in [1.29, 1.82) is 0 Å². The van der Waals surface area contributed by atoms with Gasteiger partial charge in [0.05, 0.1) is 0 Å². The van der Waals surface area contributed by atoms with Crippen LogP contribution in [-0.2, 0) is 20.1 Å². The zero-order valence-corrected chi connectivity index (χ0v) is 21.8.